The molecule has 2 aromatic rings. The second kappa shape index (κ2) is 11.3. The summed E-state index contributed by atoms with van der Waals surface area (Å²) >= 11 is 7.01. The lowest BCUT2D eigenvalue weighted by Gasteiger charge is -2.15. The van der Waals surface area contributed by atoms with Crippen molar-refractivity contribution in [1.82, 2.24) is 15.6 Å². The molecule has 0 aliphatic rings. The van der Waals surface area contributed by atoms with Gasteiger partial charge in [0.2, 0.25) is 0 Å². The lowest BCUT2D eigenvalue weighted by Crippen LogP contribution is -2.39. The first kappa shape index (κ1) is 21.7. The monoisotopic (exact) mass is 540 g/mol. The Labute approximate surface area is 177 Å². The third-order valence-corrected chi connectivity index (χ3v) is 5.56. The van der Waals surface area contributed by atoms with Gasteiger partial charge in [0.15, 0.2) is 5.96 Å². The number of hydrogen-bond acceptors (Lipinski definition) is 4. The summed E-state index contributed by atoms with van der Waals surface area (Å²) in [6.45, 7) is 5.82. The fraction of sp³-hybridized carbons (Fsp3) is 0.375. The van der Waals surface area contributed by atoms with E-state index in [4.69, 9.17) is 0 Å². The molecule has 0 bridgehead atoms. The summed E-state index contributed by atoms with van der Waals surface area (Å²) in [5, 5.41) is 8.17. The first-order valence-electron chi connectivity index (χ1n) is 7.35. The number of hydrogen-bond donors (Lipinski definition) is 2. The van der Waals surface area contributed by atoms with Gasteiger partial charge in [-0.15, -0.1) is 47.1 Å². The van der Waals surface area contributed by atoms with Crippen molar-refractivity contribution in [3.8, 4) is 0 Å². The first-order chi connectivity index (χ1) is 11.1. The SMILES string of the molecule is CN=C(NCc1ncc(C)s1)NCC(C)Sc1ccc(Br)cc1.I. The third-order valence-electron chi connectivity index (χ3n) is 3.01. The van der Waals surface area contributed by atoms with Crippen LogP contribution in [0.5, 0.6) is 0 Å². The summed E-state index contributed by atoms with van der Waals surface area (Å²) in [4.78, 5) is 11.1. The Morgan fingerprint density at radius 1 is 1.33 bits per heavy atom. The van der Waals surface area contributed by atoms with Crippen LogP contribution in [0.2, 0.25) is 0 Å². The Kier molecular flexibility index (Phi) is 10.3. The van der Waals surface area contributed by atoms with Crippen molar-refractivity contribution in [2.75, 3.05) is 13.6 Å². The average Bonchev–Trinajstić information content (AvgIpc) is 2.95. The molecule has 0 saturated carbocycles. The van der Waals surface area contributed by atoms with E-state index in [1.165, 1.54) is 9.77 Å². The number of halogens is 2. The van der Waals surface area contributed by atoms with E-state index in [-0.39, 0.29) is 24.0 Å². The maximum absolute atomic E-state index is 4.35. The zero-order valence-electron chi connectivity index (χ0n) is 13.9. The molecule has 1 heterocycles. The van der Waals surface area contributed by atoms with Gasteiger partial charge in [0.05, 0.1) is 6.54 Å². The fourth-order valence-corrected chi connectivity index (χ4v) is 3.81. The highest BCUT2D eigenvalue weighted by Crippen LogP contribution is 2.24. The molecule has 132 valence electrons. The third kappa shape index (κ3) is 7.71. The minimum atomic E-state index is 0. The van der Waals surface area contributed by atoms with Gasteiger partial charge in [-0.05, 0) is 31.2 Å². The Bertz CT molecular complexity index is 646. The van der Waals surface area contributed by atoms with Crippen molar-refractivity contribution in [2.45, 2.75) is 30.5 Å². The molecule has 8 heteroatoms. The van der Waals surface area contributed by atoms with Gasteiger partial charge in [-0.2, -0.15) is 0 Å². The molecular weight excluding hydrogens is 519 g/mol. The standard InChI is InChI=1S/C16H21BrN4S2.HI/c1-11(22-14-6-4-13(17)5-7-14)9-20-16(18-3)21-10-15-19-8-12(2)23-15;/h4-8,11H,9-10H2,1-3H3,(H2,18,20,21);1H. The van der Waals surface area contributed by atoms with Gasteiger partial charge in [-0.3, -0.25) is 4.99 Å². The quantitative estimate of drug-likeness (QED) is 0.242. The average molecular weight is 541 g/mol. The molecule has 0 aliphatic carbocycles. The lowest BCUT2D eigenvalue weighted by atomic mass is 10.4. The topological polar surface area (TPSA) is 49.3 Å². The summed E-state index contributed by atoms with van der Waals surface area (Å²) in [6.07, 6.45) is 1.90. The number of guanidine groups is 1. The number of aliphatic imine (C=N–C) groups is 1. The zero-order chi connectivity index (χ0) is 16.7. The zero-order valence-corrected chi connectivity index (χ0v) is 19.4. The van der Waals surface area contributed by atoms with Crippen molar-refractivity contribution in [2.24, 2.45) is 4.99 Å². The Hall–Kier alpha value is -0.320. The predicted octanol–water partition coefficient (Wildman–Crippen LogP) is 4.68. The summed E-state index contributed by atoms with van der Waals surface area (Å²) in [6, 6.07) is 8.39. The predicted molar refractivity (Wildman–Crippen MR) is 120 cm³/mol. The second-order valence-electron chi connectivity index (χ2n) is 5.05. The molecule has 0 amide bonds. The van der Waals surface area contributed by atoms with Crippen LogP contribution >= 0.6 is 63.0 Å². The molecule has 0 fully saturated rings. The first-order valence-corrected chi connectivity index (χ1v) is 9.84. The van der Waals surface area contributed by atoms with Crippen LogP contribution in [0.15, 0.2) is 44.8 Å². The molecule has 0 spiro atoms. The van der Waals surface area contributed by atoms with Crippen molar-refractivity contribution < 1.29 is 0 Å². The molecule has 2 N–H and O–H groups in total. The van der Waals surface area contributed by atoms with Crippen LogP contribution in [-0.2, 0) is 6.54 Å². The lowest BCUT2D eigenvalue weighted by molar-refractivity contribution is 0.787. The molecule has 0 saturated heterocycles. The molecule has 1 aromatic carbocycles. The largest absolute Gasteiger partial charge is 0.355 e. The molecule has 1 aromatic heterocycles. The maximum atomic E-state index is 4.35. The fourth-order valence-electron chi connectivity index (χ4n) is 1.89. The molecule has 1 atom stereocenters. The molecule has 0 aliphatic heterocycles. The van der Waals surface area contributed by atoms with Gasteiger partial charge >= 0.3 is 0 Å². The maximum Gasteiger partial charge on any atom is 0.191 e. The van der Waals surface area contributed by atoms with E-state index in [2.05, 4.69) is 74.7 Å². The Morgan fingerprint density at radius 2 is 2.04 bits per heavy atom. The number of nitrogens with one attached hydrogen (secondary N) is 2. The van der Waals surface area contributed by atoms with Gasteiger partial charge in [0.25, 0.3) is 0 Å². The number of nitrogens with zero attached hydrogens (tertiary/aromatic N) is 2. The van der Waals surface area contributed by atoms with Crippen LogP contribution in [-0.4, -0.2) is 29.8 Å². The van der Waals surface area contributed by atoms with Crippen LogP contribution < -0.4 is 10.6 Å². The minimum absolute atomic E-state index is 0. The van der Waals surface area contributed by atoms with E-state index < -0.39 is 0 Å². The van der Waals surface area contributed by atoms with E-state index >= 15 is 0 Å². The van der Waals surface area contributed by atoms with Crippen molar-refractivity contribution >= 4 is 69.0 Å². The van der Waals surface area contributed by atoms with E-state index in [1.807, 2.05) is 18.0 Å². The van der Waals surface area contributed by atoms with Crippen LogP contribution in [0, 0.1) is 6.92 Å². The van der Waals surface area contributed by atoms with E-state index in [9.17, 15) is 0 Å². The van der Waals surface area contributed by atoms with Gasteiger partial charge in [-0.25, -0.2) is 4.98 Å². The summed E-state index contributed by atoms with van der Waals surface area (Å²) < 4.78 is 1.11. The van der Waals surface area contributed by atoms with E-state index in [1.54, 1.807) is 18.4 Å². The molecule has 4 nitrogen and oxygen atoms in total. The van der Waals surface area contributed by atoms with Gasteiger partial charge in [0, 0.05) is 39.3 Å². The van der Waals surface area contributed by atoms with E-state index in [0.29, 0.717) is 11.8 Å². The highest BCUT2D eigenvalue weighted by Gasteiger charge is 2.07. The van der Waals surface area contributed by atoms with Gasteiger partial charge in [0.1, 0.15) is 5.01 Å². The van der Waals surface area contributed by atoms with Crippen molar-refractivity contribution in [3.63, 3.8) is 0 Å². The normalized spacial score (nSPS) is 12.4. The van der Waals surface area contributed by atoms with Crippen molar-refractivity contribution in [1.29, 1.82) is 0 Å². The van der Waals surface area contributed by atoms with Crippen LogP contribution in [0.1, 0.15) is 16.8 Å². The molecule has 1 unspecified atom stereocenters. The number of aromatic nitrogens is 1. The van der Waals surface area contributed by atoms with Crippen molar-refractivity contribution in [3.05, 3.63) is 44.8 Å². The number of rotatable bonds is 6. The summed E-state index contributed by atoms with van der Waals surface area (Å²) in [7, 11) is 1.79. The smallest absolute Gasteiger partial charge is 0.191 e. The highest BCUT2D eigenvalue weighted by atomic mass is 127. The number of benzene rings is 1. The number of thioether (sulfide) groups is 1. The van der Waals surface area contributed by atoms with Crippen LogP contribution in [0.25, 0.3) is 0 Å². The highest BCUT2D eigenvalue weighted by molar-refractivity contribution is 14.0. The van der Waals surface area contributed by atoms with Crippen LogP contribution in [0.4, 0.5) is 0 Å². The second-order valence-corrected chi connectivity index (χ2v) is 8.80. The Morgan fingerprint density at radius 3 is 2.62 bits per heavy atom. The number of thiazole rings is 1. The van der Waals surface area contributed by atoms with Gasteiger partial charge in [-0.1, -0.05) is 22.9 Å². The van der Waals surface area contributed by atoms with Crippen LogP contribution in [0.3, 0.4) is 0 Å². The summed E-state index contributed by atoms with van der Waals surface area (Å²) in [5.74, 6) is 0.807. The van der Waals surface area contributed by atoms with E-state index in [0.717, 1.165) is 22.0 Å². The Balaban J connectivity index is 0.00000288. The number of aryl methyl sites for hydroxylation is 1. The molecule has 2 rings (SSSR count). The minimum Gasteiger partial charge on any atom is -0.355 e. The molecule has 0 radical (unpaired) electrons. The molecular formula is C16H22BrIN4S2. The molecule has 24 heavy (non-hydrogen) atoms. The van der Waals surface area contributed by atoms with Gasteiger partial charge < -0.3 is 10.6 Å². The summed E-state index contributed by atoms with van der Waals surface area (Å²) in [5.41, 5.74) is 0.